The van der Waals surface area contributed by atoms with Gasteiger partial charge in [0, 0.05) is 18.3 Å². The number of hydrogen-bond acceptors (Lipinski definition) is 9. The Bertz CT molecular complexity index is 1800. The number of carbonyl (C=O) groups excluding carboxylic acids is 3. The van der Waals surface area contributed by atoms with Crippen LogP contribution in [0.3, 0.4) is 0 Å². The third kappa shape index (κ3) is 7.24. The molecule has 0 bridgehead atoms. The maximum atomic E-state index is 15.1. The van der Waals surface area contributed by atoms with Crippen LogP contribution in [-0.2, 0) is 19.4 Å². The molecule has 0 unspecified atom stereocenters. The van der Waals surface area contributed by atoms with Crippen LogP contribution in [0.25, 0.3) is 0 Å². The van der Waals surface area contributed by atoms with Gasteiger partial charge in [0.25, 0.3) is 5.91 Å². The fourth-order valence-corrected chi connectivity index (χ4v) is 6.70. The van der Waals surface area contributed by atoms with E-state index in [2.05, 4.69) is 15.4 Å². The Morgan fingerprint density at radius 3 is 2.28 bits per heavy atom. The molecule has 1 saturated heterocycles. The minimum atomic E-state index is -3.86. The number of sulfone groups is 1. The molecule has 3 aromatic rings. The average molecular weight is 675 g/mol. The fraction of sp³-hybridized carbons (Fsp3) is 0.344. The fourth-order valence-electron chi connectivity index (χ4n) is 5.41. The molecule has 1 aliphatic heterocycles. The first-order chi connectivity index (χ1) is 22.2. The molecule has 3 amide bonds. The summed E-state index contributed by atoms with van der Waals surface area (Å²) in [5.41, 5.74) is 5.13. The van der Waals surface area contributed by atoms with Gasteiger partial charge in [-0.05, 0) is 74.2 Å². The van der Waals surface area contributed by atoms with E-state index in [1.165, 1.54) is 64.3 Å². The molecule has 1 fully saturated rings. The van der Waals surface area contributed by atoms with Gasteiger partial charge in [0.1, 0.15) is 17.7 Å². The number of rotatable bonds is 11. The number of nitrogens with two attached hydrogens (primary N) is 1. The summed E-state index contributed by atoms with van der Waals surface area (Å²) in [5, 5.41) is 4.53. The number of amides is 3. The molecule has 3 aromatic carbocycles. The number of likely N-dealkylation sites (tertiary alicyclic amines) is 1. The van der Waals surface area contributed by atoms with Crippen molar-refractivity contribution in [3.63, 3.8) is 0 Å². The second kappa shape index (κ2) is 14.2. The summed E-state index contributed by atoms with van der Waals surface area (Å²) < 4.78 is 71.9. The Morgan fingerprint density at radius 1 is 0.957 bits per heavy atom. The minimum absolute atomic E-state index is 0.0149. The zero-order valence-electron chi connectivity index (χ0n) is 26.4. The quantitative estimate of drug-likeness (QED) is 0.255. The van der Waals surface area contributed by atoms with E-state index < -0.39 is 62.3 Å². The van der Waals surface area contributed by atoms with E-state index in [0.717, 1.165) is 6.07 Å². The number of nitrogens with zero attached hydrogens (tertiary/aromatic N) is 1. The summed E-state index contributed by atoms with van der Waals surface area (Å²) in [5.74, 6) is -3.39. The number of nitrogens with one attached hydrogen (secondary N) is 2. The Labute approximate surface area is 271 Å². The van der Waals surface area contributed by atoms with Crippen LogP contribution in [-0.4, -0.2) is 64.3 Å². The summed E-state index contributed by atoms with van der Waals surface area (Å²) in [7, 11) is 0.146. The molecule has 0 saturated carbocycles. The highest BCUT2D eigenvalue weighted by Crippen LogP contribution is 2.41. The molecule has 15 heteroatoms. The SMILES string of the molecule is COC(=O)Nc1ccc(S(=O)(=O)C(C)C)c([C@H]2CCCN2C(=O)[C@H](Nc2cc(C(N)=O)c(F)cc2F)c2ccc(OC)c(OC)c2)c1. The Balaban J connectivity index is 1.86. The Kier molecular flexibility index (Phi) is 10.6. The molecular weight excluding hydrogens is 638 g/mol. The van der Waals surface area contributed by atoms with E-state index in [4.69, 9.17) is 15.2 Å². The molecular formula is C32H36F2N4O8S. The topological polar surface area (TPSA) is 166 Å². The largest absolute Gasteiger partial charge is 0.493 e. The number of carbonyl (C=O) groups is 3. The molecule has 1 heterocycles. The van der Waals surface area contributed by atoms with Gasteiger partial charge < -0.3 is 30.2 Å². The lowest BCUT2D eigenvalue weighted by atomic mass is 10.00. The highest BCUT2D eigenvalue weighted by atomic mass is 32.2. The van der Waals surface area contributed by atoms with Crippen molar-refractivity contribution in [3.8, 4) is 11.5 Å². The van der Waals surface area contributed by atoms with Crippen LogP contribution >= 0.6 is 0 Å². The number of anilines is 2. The van der Waals surface area contributed by atoms with Crippen LogP contribution in [0.2, 0.25) is 0 Å². The number of primary amides is 1. The van der Waals surface area contributed by atoms with Gasteiger partial charge >= 0.3 is 6.09 Å². The molecule has 0 aliphatic carbocycles. The van der Waals surface area contributed by atoms with Crippen molar-refractivity contribution in [3.05, 3.63) is 76.9 Å². The van der Waals surface area contributed by atoms with Crippen LogP contribution < -0.4 is 25.8 Å². The maximum absolute atomic E-state index is 15.1. The summed E-state index contributed by atoms with van der Waals surface area (Å²) in [4.78, 5) is 39.8. The molecule has 0 spiro atoms. The van der Waals surface area contributed by atoms with Crippen molar-refractivity contribution in [2.75, 3.05) is 38.5 Å². The van der Waals surface area contributed by atoms with Crippen LogP contribution in [0.4, 0.5) is 25.0 Å². The van der Waals surface area contributed by atoms with Crippen molar-refractivity contribution in [2.45, 2.75) is 48.9 Å². The smallest absolute Gasteiger partial charge is 0.411 e. The number of halogens is 2. The normalized spacial score (nSPS) is 15.2. The van der Waals surface area contributed by atoms with Crippen molar-refractivity contribution >= 4 is 39.1 Å². The third-order valence-electron chi connectivity index (χ3n) is 7.87. The summed E-state index contributed by atoms with van der Waals surface area (Å²) >= 11 is 0. The van der Waals surface area contributed by atoms with Crippen molar-refractivity contribution < 1.29 is 45.8 Å². The number of methoxy groups -OCH3 is 3. The van der Waals surface area contributed by atoms with Gasteiger partial charge in [-0.15, -0.1) is 0 Å². The number of hydrogen-bond donors (Lipinski definition) is 3. The van der Waals surface area contributed by atoms with E-state index in [1.807, 2.05) is 0 Å². The van der Waals surface area contributed by atoms with E-state index in [1.54, 1.807) is 12.1 Å². The monoisotopic (exact) mass is 674 g/mol. The molecule has 1 aliphatic rings. The van der Waals surface area contributed by atoms with E-state index in [0.29, 0.717) is 30.2 Å². The van der Waals surface area contributed by atoms with Crippen LogP contribution in [0.15, 0.2) is 53.4 Å². The lowest BCUT2D eigenvalue weighted by Crippen LogP contribution is -2.38. The number of benzene rings is 3. The summed E-state index contributed by atoms with van der Waals surface area (Å²) in [6.45, 7) is 3.26. The molecule has 47 heavy (non-hydrogen) atoms. The van der Waals surface area contributed by atoms with Crippen LogP contribution in [0.1, 0.15) is 60.3 Å². The highest BCUT2D eigenvalue weighted by Gasteiger charge is 2.38. The second-order valence-corrected chi connectivity index (χ2v) is 13.5. The van der Waals surface area contributed by atoms with E-state index in [-0.39, 0.29) is 34.1 Å². The van der Waals surface area contributed by atoms with Gasteiger partial charge in [-0.1, -0.05) is 6.07 Å². The first-order valence-electron chi connectivity index (χ1n) is 14.5. The van der Waals surface area contributed by atoms with Gasteiger partial charge in [-0.3, -0.25) is 14.9 Å². The summed E-state index contributed by atoms with van der Waals surface area (Å²) in [6.07, 6.45) is 0.0783. The van der Waals surface area contributed by atoms with Gasteiger partial charge in [0.2, 0.25) is 5.91 Å². The van der Waals surface area contributed by atoms with Gasteiger partial charge in [0.15, 0.2) is 21.3 Å². The second-order valence-electron chi connectivity index (χ2n) is 11.0. The van der Waals surface area contributed by atoms with Crippen molar-refractivity contribution in [1.82, 2.24) is 4.90 Å². The Hall–Kier alpha value is -4.92. The highest BCUT2D eigenvalue weighted by molar-refractivity contribution is 7.92. The van der Waals surface area contributed by atoms with Crippen LogP contribution in [0.5, 0.6) is 11.5 Å². The molecule has 4 rings (SSSR count). The molecule has 4 N–H and O–H groups in total. The van der Waals surface area contributed by atoms with Crippen LogP contribution in [0, 0.1) is 11.6 Å². The molecule has 0 radical (unpaired) electrons. The zero-order chi connectivity index (χ0) is 34.6. The standard InChI is InChI=1S/C32H36F2N4O8S/c1-17(2)47(42,43)28-11-9-19(36-32(41)46-5)14-21(28)25-7-6-12-38(25)31(40)29(18-8-10-26(44-3)27(13-18)45-4)37-24-15-20(30(35)39)22(33)16-23(24)34/h8-11,13-17,25,29,37H,6-7,12H2,1-5H3,(H2,35,39)(H,36,41)/t25-,29-/m1/s1. The lowest BCUT2D eigenvalue weighted by molar-refractivity contribution is -0.133. The average Bonchev–Trinajstić information content (AvgIpc) is 3.53. The van der Waals surface area contributed by atoms with Gasteiger partial charge in [0.05, 0.1) is 48.8 Å². The summed E-state index contributed by atoms with van der Waals surface area (Å²) in [6, 6.07) is 8.12. The maximum Gasteiger partial charge on any atom is 0.411 e. The Morgan fingerprint density at radius 2 is 1.66 bits per heavy atom. The lowest BCUT2D eigenvalue weighted by Gasteiger charge is -2.32. The molecule has 0 aromatic heterocycles. The first-order valence-corrected chi connectivity index (χ1v) is 16.1. The zero-order valence-corrected chi connectivity index (χ0v) is 27.2. The molecule has 2 atom stereocenters. The van der Waals surface area contributed by atoms with Gasteiger partial charge in [-0.25, -0.2) is 22.0 Å². The minimum Gasteiger partial charge on any atom is -0.493 e. The van der Waals surface area contributed by atoms with E-state index >= 15 is 4.39 Å². The third-order valence-corrected chi connectivity index (χ3v) is 10.1. The van der Waals surface area contributed by atoms with Crippen molar-refractivity contribution in [1.29, 1.82) is 0 Å². The predicted molar refractivity (Wildman–Crippen MR) is 169 cm³/mol. The van der Waals surface area contributed by atoms with E-state index in [9.17, 15) is 27.2 Å². The molecule has 12 nitrogen and oxygen atoms in total. The van der Waals surface area contributed by atoms with Crippen molar-refractivity contribution in [2.24, 2.45) is 5.73 Å². The first kappa shape index (κ1) is 34.9. The molecule has 252 valence electrons. The predicted octanol–water partition coefficient (Wildman–Crippen LogP) is 4.96. The van der Waals surface area contributed by atoms with Gasteiger partial charge in [-0.2, -0.15) is 0 Å². The number of ether oxygens (including phenoxy) is 3.